The van der Waals surface area contributed by atoms with Crippen LogP contribution in [0.4, 0.5) is 5.69 Å². The first kappa shape index (κ1) is 15.0. The minimum absolute atomic E-state index is 0.0236. The maximum atomic E-state index is 12.0. The number of amides is 1. The van der Waals surface area contributed by atoms with E-state index in [-0.39, 0.29) is 16.7 Å². The molecule has 1 aromatic rings. The van der Waals surface area contributed by atoms with Crippen molar-refractivity contribution in [3.8, 4) is 0 Å². The molecule has 7 heteroatoms. The number of nitrogens with one attached hydrogen (secondary N) is 3. The van der Waals surface area contributed by atoms with Gasteiger partial charge in [-0.25, -0.2) is 13.1 Å². The molecule has 110 valence electrons. The largest absolute Gasteiger partial charge is 0.326 e. The predicted octanol–water partition coefficient (Wildman–Crippen LogP) is 0.533. The molecule has 1 atom stereocenters. The summed E-state index contributed by atoms with van der Waals surface area (Å²) in [4.78, 5) is 12.2. The lowest BCUT2D eigenvalue weighted by Crippen LogP contribution is -2.37. The molecule has 1 aliphatic rings. The first-order valence-electron chi connectivity index (χ1n) is 6.58. The highest BCUT2D eigenvalue weighted by Gasteiger charge is 2.21. The second kappa shape index (κ2) is 6.34. The molecule has 3 N–H and O–H groups in total. The Hall–Kier alpha value is -1.44. The number of hydrogen-bond acceptors (Lipinski definition) is 4. The van der Waals surface area contributed by atoms with E-state index in [0.29, 0.717) is 12.2 Å². The van der Waals surface area contributed by atoms with Crippen molar-refractivity contribution in [2.75, 3.05) is 25.5 Å². The fourth-order valence-electron chi connectivity index (χ4n) is 2.16. The van der Waals surface area contributed by atoms with Gasteiger partial charge in [0.25, 0.3) is 0 Å². The predicted molar refractivity (Wildman–Crippen MR) is 76.9 cm³/mol. The van der Waals surface area contributed by atoms with Gasteiger partial charge in [0.2, 0.25) is 15.9 Å². The minimum atomic E-state index is -3.44. The molecule has 1 fully saturated rings. The Labute approximate surface area is 119 Å². The lowest BCUT2D eigenvalue weighted by molar-refractivity contribution is -0.120. The van der Waals surface area contributed by atoms with Crippen LogP contribution in [0.1, 0.15) is 12.8 Å². The first-order chi connectivity index (χ1) is 9.53. The Bertz CT molecular complexity index is 563. The summed E-state index contributed by atoms with van der Waals surface area (Å²) in [5.74, 6) is -0.0501. The summed E-state index contributed by atoms with van der Waals surface area (Å²) in [6.07, 6.45) is 1.88. The summed E-state index contributed by atoms with van der Waals surface area (Å²) in [6.45, 7) is 1.65. The number of benzene rings is 1. The minimum Gasteiger partial charge on any atom is -0.326 e. The third-order valence-electron chi connectivity index (χ3n) is 3.37. The normalized spacial score (nSPS) is 19.6. The Morgan fingerprint density at radius 2 is 2.00 bits per heavy atom. The number of anilines is 1. The zero-order valence-electron chi connectivity index (χ0n) is 11.3. The fourth-order valence-corrected chi connectivity index (χ4v) is 2.89. The van der Waals surface area contributed by atoms with Gasteiger partial charge >= 0.3 is 0 Å². The summed E-state index contributed by atoms with van der Waals surface area (Å²) < 4.78 is 25.4. The average molecular weight is 297 g/mol. The van der Waals surface area contributed by atoms with Crippen molar-refractivity contribution in [1.82, 2.24) is 10.0 Å². The van der Waals surface area contributed by atoms with Gasteiger partial charge in [-0.3, -0.25) is 4.79 Å². The molecule has 0 unspecified atom stereocenters. The van der Waals surface area contributed by atoms with Crippen molar-refractivity contribution in [2.24, 2.45) is 5.92 Å². The number of carbonyl (C=O) groups excluding carboxylic acids is 1. The lowest BCUT2D eigenvalue weighted by Gasteiger charge is -2.21. The molecule has 2 rings (SSSR count). The van der Waals surface area contributed by atoms with E-state index in [9.17, 15) is 13.2 Å². The number of rotatable bonds is 4. The van der Waals surface area contributed by atoms with Crippen molar-refractivity contribution in [1.29, 1.82) is 0 Å². The van der Waals surface area contributed by atoms with E-state index in [1.165, 1.54) is 19.2 Å². The molecule has 0 aromatic heterocycles. The van der Waals surface area contributed by atoms with Crippen LogP contribution in [-0.4, -0.2) is 34.5 Å². The van der Waals surface area contributed by atoms with E-state index in [1.54, 1.807) is 12.1 Å². The van der Waals surface area contributed by atoms with Crippen molar-refractivity contribution >= 4 is 21.6 Å². The number of hydrogen-bond donors (Lipinski definition) is 3. The number of piperidine rings is 1. The molecule has 0 spiro atoms. The quantitative estimate of drug-likeness (QED) is 0.756. The number of sulfonamides is 1. The van der Waals surface area contributed by atoms with Crippen LogP contribution in [0.5, 0.6) is 0 Å². The summed E-state index contributed by atoms with van der Waals surface area (Å²) >= 11 is 0. The van der Waals surface area contributed by atoms with Crippen LogP contribution in [-0.2, 0) is 14.8 Å². The van der Waals surface area contributed by atoms with Crippen molar-refractivity contribution < 1.29 is 13.2 Å². The molecule has 1 amide bonds. The molecule has 0 aliphatic carbocycles. The topological polar surface area (TPSA) is 87.3 Å². The Kier molecular flexibility index (Phi) is 4.74. The zero-order chi connectivity index (χ0) is 14.6. The van der Waals surface area contributed by atoms with Gasteiger partial charge in [-0.1, -0.05) is 0 Å². The molecule has 0 radical (unpaired) electrons. The van der Waals surface area contributed by atoms with Gasteiger partial charge in [0.05, 0.1) is 10.8 Å². The van der Waals surface area contributed by atoms with E-state index >= 15 is 0 Å². The van der Waals surface area contributed by atoms with E-state index in [0.717, 1.165) is 19.4 Å². The van der Waals surface area contributed by atoms with Crippen molar-refractivity contribution in [2.45, 2.75) is 17.7 Å². The summed E-state index contributed by atoms with van der Waals surface area (Å²) in [5, 5.41) is 6.00. The fraction of sp³-hybridized carbons (Fsp3) is 0.462. The molecule has 6 nitrogen and oxygen atoms in total. The lowest BCUT2D eigenvalue weighted by atomic mass is 9.99. The van der Waals surface area contributed by atoms with Crippen molar-refractivity contribution in [3.05, 3.63) is 24.3 Å². The summed E-state index contributed by atoms with van der Waals surface area (Å²) in [7, 11) is -2.07. The van der Waals surface area contributed by atoms with Crippen LogP contribution >= 0.6 is 0 Å². The Balaban J connectivity index is 2.02. The molecule has 0 bridgehead atoms. The van der Waals surface area contributed by atoms with Gasteiger partial charge < -0.3 is 10.6 Å². The molecule has 1 aromatic carbocycles. The third-order valence-corrected chi connectivity index (χ3v) is 4.80. The van der Waals surface area contributed by atoms with Crippen LogP contribution in [0.25, 0.3) is 0 Å². The van der Waals surface area contributed by atoms with E-state index in [4.69, 9.17) is 0 Å². The van der Waals surface area contributed by atoms with E-state index < -0.39 is 10.0 Å². The van der Waals surface area contributed by atoms with Crippen LogP contribution < -0.4 is 15.4 Å². The Morgan fingerprint density at radius 1 is 1.30 bits per heavy atom. The van der Waals surface area contributed by atoms with Gasteiger partial charge in [0.1, 0.15) is 0 Å². The first-order valence-corrected chi connectivity index (χ1v) is 8.06. The SMILES string of the molecule is CNS(=O)(=O)c1ccc(NC(=O)[C@@H]2CCCNC2)cc1. The molecule has 1 saturated heterocycles. The Morgan fingerprint density at radius 3 is 2.55 bits per heavy atom. The smallest absolute Gasteiger partial charge is 0.240 e. The van der Waals surface area contributed by atoms with Crippen LogP contribution in [0.3, 0.4) is 0 Å². The maximum absolute atomic E-state index is 12.0. The molecule has 1 aliphatic heterocycles. The molecule has 1 heterocycles. The third kappa shape index (κ3) is 3.56. The van der Waals surface area contributed by atoms with Crippen LogP contribution in [0.2, 0.25) is 0 Å². The monoisotopic (exact) mass is 297 g/mol. The summed E-state index contributed by atoms with van der Waals surface area (Å²) in [5.41, 5.74) is 0.607. The second-order valence-corrected chi connectivity index (χ2v) is 6.65. The average Bonchev–Trinajstić information content (AvgIpc) is 2.48. The summed E-state index contributed by atoms with van der Waals surface area (Å²) in [6, 6.07) is 6.14. The van der Waals surface area contributed by atoms with Gasteiger partial charge in [-0.15, -0.1) is 0 Å². The van der Waals surface area contributed by atoms with Gasteiger partial charge in [0, 0.05) is 12.2 Å². The van der Waals surface area contributed by atoms with Gasteiger partial charge in [-0.2, -0.15) is 0 Å². The standard InChI is InChI=1S/C13H19N3O3S/c1-14-20(18,19)12-6-4-11(5-7-12)16-13(17)10-3-2-8-15-9-10/h4-7,10,14-15H,2-3,8-9H2,1H3,(H,16,17)/t10-/m1/s1. The van der Waals surface area contributed by atoms with Gasteiger partial charge in [-0.05, 0) is 50.7 Å². The van der Waals surface area contributed by atoms with E-state index in [2.05, 4.69) is 15.4 Å². The van der Waals surface area contributed by atoms with Crippen LogP contribution in [0.15, 0.2) is 29.2 Å². The van der Waals surface area contributed by atoms with E-state index in [1.807, 2.05) is 0 Å². The zero-order valence-corrected chi connectivity index (χ0v) is 12.2. The van der Waals surface area contributed by atoms with Crippen molar-refractivity contribution in [3.63, 3.8) is 0 Å². The second-order valence-electron chi connectivity index (χ2n) is 4.76. The highest BCUT2D eigenvalue weighted by atomic mass is 32.2. The molecule has 20 heavy (non-hydrogen) atoms. The van der Waals surface area contributed by atoms with Crippen LogP contribution in [0, 0.1) is 5.92 Å². The molecular weight excluding hydrogens is 278 g/mol. The number of carbonyl (C=O) groups is 1. The van der Waals surface area contributed by atoms with Gasteiger partial charge in [0.15, 0.2) is 0 Å². The molecular formula is C13H19N3O3S. The molecule has 0 saturated carbocycles. The highest BCUT2D eigenvalue weighted by Crippen LogP contribution is 2.16. The highest BCUT2D eigenvalue weighted by molar-refractivity contribution is 7.89. The maximum Gasteiger partial charge on any atom is 0.240 e.